The molecule has 0 heterocycles. The molecule has 1 rings (SSSR count). The van der Waals surface area contributed by atoms with Gasteiger partial charge in [0.15, 0.2) is 0 Å². The first-order valence-corrected chi connectivity index (χ1v) is 6.52. The number of nitrogens with zero attached hydrogens (tertiary/aromatic N) is 2. The normalized spacial score (nSPS) is 11.8. The van der Waals surface area contributed by atoms with Crippen molar-refractivity contribution >= 4 is 17.3 Å². The van der Waals surface area contributed by atoms with Crippen molar-refractivity contribution in [2.24, 2.45) is 0 Å². The van der Waals surface area contributed by atoms with Gasteiger partial charge in [-0.25, -0.2) is 4.79 Å². The van der Waals surface area contributed by atoms with E-state index in [-0.39, 0.29) is 11.7 Å². The van der Waals surface area contributed by atoms with Gasteiger partial charge in [-0.3, -0.25) is 10.1 Å². The number of esters is 1. The van der Waals surface area contributed by atoms with Gasteiger partial charge in [-0.15, -0.1) is 0 Å². The lowest BCUT2D eigenvalue weighted by atomic mass is 10.1. The number of benzene rings is 1. The Balaban J connectivity index is 3.24. The minimum absolute atomic E-state index is 0.0110. The van der Waals surface area contributed by atoms with Crippen molar-refractivity contribution in [1.29, 1.82) is 0 Å². The molecule has 0 aliphatic carbocycles. The molecule has 1 aromatic rings. The predicted molar refractivity (Wildman–Crippen MR) is 77.2 cm³/mol. The third-order valence-electron chi connectivity index (χ3n) is 3.34. The number of hydrogen-bond donors (Lipinski definition) is 0. The first kappa shape index (κ1) is 15.9. The molecule has 0 N–H and O–H groups in total. The smallest absolute Gasteiger partial charge is 0.337 e. The van der Waals surface area contributed by atoms with Gasteiger partial charge in [-0.05, 0) is 25.5 Å². The average Bonchev–Trinajstić information content (AvgIpc) is 2.45. The maximum Gasteiger partial charge on any atom is 0.337 e. The number of carbonyl (C=O) groups excluding carboxylic acids is 1. The number of anilines is 1. The lowest BCUT2D eigenvalue weighted by molar-refractivity contribution is -0.384. The van der Waals surface area contributed by atoms with Gasteiger partial charge in [0, 0.05) is 19.2 Å². The summed E-state index contributed by atoms with van der Waals surface area (Å²) in [7, 11) is 3.08. The number of rotatable bonds is 6. The Labute approximate surface area is 118 Å². The third kappa shape index (κ3) is 3.46. The van der Waals surface area contributed by atoms with E-state index in [1.807, 2.05) is 11.8 Å². The maximum atomic E-state index is 11.6. The van der Waals surface area contributed by atoms with Crippen LogP contribution in [0.25, 0.3) is 0 Å². The average molecular weight is 280 g/mol. The quantitative estimate of drug-likeness (QED) is 0.455. The van der Waals surface area contributed by atoms with Crippen LogP contribution in [0.4, 0.5) is 11.4 Å². The molecule has 0 bridgehead atoms. The highest BCUT2D eigenvalue weighted by molar-refractivity contribution is 5.91. The third-order valence-corrected chi connectivity index (χ3v) is 3.34. The predicted octanol–water partition coefficient (Wildman–Crippen LogP) is 3.01. The molecule has 0 saturated carbocycles. The van der Waals surface area contributed by atoms with Crippen molar-refractivity contribution < 1.29 is 14.5 Å². The molecule has 0 spiro atoms. The summed E-state index contributed by atoms with van der Waals surface area (Å²) in [5, 5.41) is 11.1. The summed E-state index contributed by atoms with van der Waals surface area (Å²) >= 11 is 0. The SMILES string of the molecule is CCCC(C)N(C)c1cc(C(=O)OC)ccc1[N+](=O)[O-]. The molecular formula is C14H20N2O4. The standard InChI is InChI=1S/C14H20N2O4/c1-5-6-10(2)15(3)13-9-11(14(17)20-4)7-8-12(13)16(18)19/h7-10H,5-6H2,1-4H3. The van der Waals surface area contributed by atoms with Gasteiger partial charge in [-0.1, -0.05) is 13.3 Å². The fourth-order valence-corrected chi connectivity index (χ4v) is 2.05. The summed E-state index contributed by atoms with van der Waals surface area (Å²) in [6.45, 7) is 4.06. The molecule has 0 aromatic heterocycles. The van der Waals surface area contributed by atoms with Crippen molar-refractivity contribution in [3.8, 4) is 0 Å². The first-order chi connectivity index (χ1) is 9.42. The van der Waals surface area contributed by atoms with Crippen LogP contribution in [-0.2, 0) is 4.74 Å². The maximum absolute atomic E-state index is 11.6. The fourth-order valence-electron chi connectivity index (χ4n) is 2.05. The number of hydrogen-bond acceptors (Lipinski definition) is 5. The zero-order valence-corrected chi connectivity index (χ0v) is 12.3. The minimum atomic E-state index is -0.502. The zero-order chi connectivity index (χ0) is 15.3. The summed E-state index contributed by atoms with van der Waals surface area (Å²) in [4.78, 5) is 24.1. The number of methoxy groups -OCH3 is 1. The highest BCUT2D eigenvalue weighted by atomic mass is 16.6. The van der Waals surface area contributed by atoms with Gasteiger partial charge >= 0.3 is 5.97 Å². The minimum Gasteiger partial charge on any atom is -0.465 e. The molecule has 20 heavy (non-hydrogen) atoms. The Morgan fingerprint density at radius 3 is 2.65 bits per heavy atom. The van der Waals surface area contributed by atoms with Crippen LogP contribution in [-0.4, -0.2) is 31.1 Å². The van der Waals surface area contributed by atoms with E-state index in [1.54, 1.807) is 7.05 Å². The van der Waals surface area contributed by atoms with E-state index < -0.39 is 10.9 Å². The van der Waals surface area contributed by atoms with Crippen molar-refractivity contribution in [2.75, 3.05) is 19.1 Å². The van der Waals surface area contributed by atoms with E-state index in [2.05, 4.69) is 11.7 Å². The Bertz CT molecular complexity index is 502. The second kappa shape index (κ2) is 6.88. The molecule has 1 unspecified atom stereocenters. The molecule has 0 amide bonds. The Hall–Kier alpha value is -2.11. The highest BCUT2D eigenvalue weighted by Gasteiger charge is 2.22. The molecule has 0 fully saturated rings. The monoisotopic (exact) mass is 280 g/mol. The lowest BCUT2D eigenvalue weighted by Gasteiger charge is -2.26. The molecule has 0 radical (unpaired) electrons. The second-order valence-electron chi connectivity index (χ2n) is 4.70. The van der Waals surface area contributed by atoms with E-state index in [1.165, 1.54) is 25.3 Å². The van der Waals surface area contributed by atoms with Crippen molar-refractivity contribution in [2.45, 2.75) is 32.7 Å². The molecule has 6 nitrogen and oxygen atoms in total. The van der Waals surface area contributed by atoms with Crippen LogP contribution in [0.1, 0.15) is 37.0 Å². The Kier molecular flexibility index (Phi) is 5.49. The van der Waals surface area contributed by atoms with Crippen LogP contribution in [0.2, 0.25) is 0 Å². The summed E-state index contributed by atoms with van der Waals surface area (Å²) in [5.41, 5.74) is 0.727. The Morgan fingerprint density at radius 1 is 1.50 bits per heavy atom. The summed E-state index contributed by atoms with van der Waals surface area (Å²) in [6.07, 6.45) is 1.89. The molecule has 0 aliphatic heterocycles. The lowest BCUT2D eigenvalue weighted by Crippen LogP contribution is -2.29. The molecular weight excluding hydrogens is 260 g/mol. The number of nitro groups is 1. The Morgan fingerprint density at radius 2 is 2.15 bits per heavy atom. The van der Waals surface area contributed by atoms with Gasteiger partial charge in [0.1, 0.15) is 5.69 Å². The van der Waals surface area contributed by atoms with Gasteiger partial charge in [0.05, 0.1) is 17.6 Å². The number of ether oxygens (including phenoxy) is 1. The van der Waals surface area contributed by atoms with Crippen LogP contribution in [0.15, 0.2) is 18.2 Å². The van der Waals surface area contributed by atoms with E-state index in [0.717, 1.165) is 12.8 Å². The zero-order valence-electron chi connectivity index (χ0n) is 12.3. The van der Waals surface area contributed by atoms with Crippen molar-refractivity contribution in [1.82, 2.24) is 0 Å². The largest absolute Gasteiger partial charge is 0.465 e. The summed E-state index contributed by atoms with van der Waals surface area (Å²) in [5.74, 6) is -0.502. The van der Waals surface area contributed by atoms with Crippen LogP contribution < -0.4 is 4.90 Å². The molecule has 1 atom stereocenters. The molecule has 0 aliphatic rings. The highest BCUT2D eigenvalue weighted by Crippen LogP contribution is 2.30. The van der Waals surface area contributed by atoms with Crippen molar-refractivity contribution in [3.63, 3.8) is 0 Å². The van der Waals surface area contributed by atoms with E-state index in [9.17, 15) is 14.9 Å². The number of nitro benzene ring substituents is 1. The van der Waals surface area contributed by atoms with E-state index >= 15 is 0 Å². The molecule has 0 saturated heterocycles. The van der Waals surface area contributed by atoms with Crippen LogP contribution in [0.3, 0.4) is 0 Å². The summed E-state index contributed by atoms with van der Waals surface area (Å²) in [6, 6.07) is 4.41. The van der Waals surface area contributed by atoms with Crippen LogP contribution in [0, 0.1) is 10.1 Å². The summed E-state index contributed by atoms with van der Waals surface area (Å²) < 4.78 is 4.65. The van der Waals surface area contributed by atoms with Gasteiger partial charge in [0.2, 0.25) is 0 Å². The van der Waals surface area contributed by atoms with E-state index in [0.29, 0.717) is 11.3 Å². The second-order valence-corrected chi connectivity index (χ2v) is 4.70. The molecule has 110 valence electrons. The first-order valence-electron chi connectivity index (χ1n) is 6.52. The van der Waals surface area contributed by atoms with Gasteiger partial charge < -0.3 is 9.64 Å². The van der Waals surface area contributed by atoms with E-state index in [4.69, 9.17) is 0 Å². The topological polar surface area (TPSA) is 72.7 Å². The molecule has 1 aromatic carbocycles. The van der Waals surface area contributed by atoms with Crippen LogP contribution in [0.5, 0.6) is 0 Å². The molecule has 6 heteroatoms. The number of carbonyl (C=O) groups is 1. The van der Waals surface area contributed by atoms with Gasteiger partial charge in [-0.2, -0.15) is 0 Å². The van der Waals surface area contributed by atoms with Crippen molar-refractivity contribution in [3.05, 3.63) is 33.9 Å². The fraction of sp³-hybridized carbons (Fsp3) is 0.500. The van der Waals surface area contributed by atoms with Crippen LogP contribution >= 0.6 is 0 Å². The van der Waals surface area contributed by atoms with Gasteiger partial charge in [0.25, 0.3) is 5.69 Å².